The summed E-state index contributed by atoms with van der Waals surface area (Å²) in [6.07, 6.45) is 1.93. The number of carbonyl (C=O) groups is 1. The lowest BCUT2D eigenvalue weighted by atomic mass is 10.1. The number of hydrogen-bond acceptors (Lipinski definition) is 4. The van der Waals surface area contributed by atoms with E-state index in [1.165, 1.54) is 0 Å². The zero-order chi connectivity index (χ0) is 11.5. The van der Waals surface area contributed by atoms with E-state index in [2.05, 4.69) is 10.2 Å². The van der Waals surface area contributed by atoms with Gasteiger partial charge in [-0.1, -0.05) is 0 Å². The summed E-state index contributed by atoms with van der Waals surface area (Å²) in [4.78, 5) is 11.6. The summed E-state index contributed by atoms with van der Waals surface area (Å²) in [6.45, 7) is 4.67. The van der Waals surface area contributed by atoms with Crippen LogP contribution in [-0.4, -0.2) is 28.9 Å². The first kappa shape index (κ1) is 11.1. The topological polar surface area (TPSA) is 64.2 Å². The van der Waals surface area contributed by atoms with Gasteiger partial charge in [0.15, 0.2) is 5.69 Å². The van der Waals surface area contributed by atoms with Crippen LogP contribution >= 0.6 is 0 Å². The van der Waals surface area contributed by atoms with Crippen molar-refractivity contribution in [2.75, 3.05) is 6.61 Å². The fraction of sp³-hybridized carbons (Fsp3) is 0.636. The highest BCUT2D eigenvalue weighted by molar-refractivity contribution is 5.89. The molecule has 1 aliphatic heterocycles. The molecule has 1 aromatic heterocycles. The minimum Gasteiger partial charge on any atom is -0.461 e. The lowest BCUT2D eigenvalue weighted by molar-refractivity contribution is 0.0504. The average molecular weight is 224 g/mol. The summed E-state index contributed by atoms with van der Waals surface area (Å²) in [5.41, 5.74) is 2.25. The van der Waals surface area contributed by atoms with E-state index in [9.17, 15) is 4.79 Å². The van der Waals surface area contributed by atoms with E-state index < -0.39 is 0 Å². The number of ether oxygens (including phenoxy) is 2. The molecule has 5 heteroatoms. The molecule has 0 spiro atoms. The van der Waals surface area contributed by atoms with Gasteiger partial charge in [0.25, 0.3) is 0 Å². The molecule has 0 amide bonds. The van der Waals surface area contributed by atoms with Gasteiger partial charge in [-0.3, -0.25) is 5.10 Å². The second-order valence-corrected chi connectivity index (χ2v) is 3.91. The molecule has 88 valence electrons. The molecule has 1 N–H and O–H groups in total. The van der Waals surface area contributed by atoms with Crippen molar-refractivity contribution in [2.45, 2.75) is 39.4 Å². The maximum atomic E-state index is 11.6. The number of esters is 1. The summed E-state index contributed by atoms with van der Waals surface area (Å²) in [5.74, 6) is -0.352. The first-order chi connectivity index (χ1) is 7.72. The van der Waals surface area contributed by atoms with Gasteiger partial charge in [0.05, 0.1) is 25.0 Å². The van der Waals surface area contributed by atoms with Crippen LogP contribution < -0.4 is 0 Å². The van der Waals surface area contributed by atoms with Crippen molar-refractivity contribution in [1.29, 1.82) is 0 Å². The summed E-state index contributed by atoms with van der Waals surface area (Å²) >= 11 is 0. The number of carbonyl (C=O) groups excluding carboxylic acids is 1. The van der Waals surface area contributed by atoms with Crippen molar-refractivity contribution in [3.8, 4) is 0 Å². The molecule has 1 aliphatic rings. The van der Waals surface area contributed by atoms with E-state index in [-0.39, 0.29) is 12.1 Å². The van der Waals surface area contributed by atoms with Crippen molar-refractivity contribution >= 4 is 5.97 Å². The molecule has 1 unspecified atom stereocenters. The second-order valence-electron chi connectivity index (χ2n) is 3.91. The Balaban J connectivity index is 2.23. The molecule has 0 fully saturated rings. The molecule has 1 aromatic rings. The Kier molecular flexibility index (Phi) is 3.24. The normalized spacial score (nSPS) is 20.0. The van der Waals surface area contributed by atoms with Gasteiger partial charge < -0.3 is 9.47 Å². The van der Waals surface area contributed by atoms with Crippen LogP contribution in [-0.2, 0) is 22.5 Å². The van der Waals surface area contributed by atoms with Gasteiger partial charge >= 0.3 is 5.97 Å². The van der Waals surface area contributed by atoms with Gasteiger partial charge in [0.1, 0.15) is 0 Å². The standard InChI is InChI=1S/C11H16N2O3/c1-3-15-11(14)10-8-5-4-7(2)16-6-9(8)12-13-10/h7H,3-6H2,1-2H3,(H,12,13). The number of aromatic amines is 1. The third-order valence-corrected chi connectivity index (χ3v) is 2.73. The van der Waals surface area contributed by atoms with E-state index in [0.29, 0.717) is 18.9 Å². The van der Waals surface area contributed by atoms with Crippen LogP contribution in [0.25, 0.3) is 0 Å². The summed E-state index contributed by atoms with van der Waals surface area (Å²) in [7, 11) is 0. The third kappa shape index (κ3) is 2.09. The van der Waals surface area contributed by atoms with E-state index in [1.54, 1.807) is 6.92 Å². The third-order valence-electron chi connectivity index (χ3n) is 2.73. The molecular formula is C11H16N2O3. The largest absolute Gasteiger partial charge is 0.461 e. The molecule has 16 heavy (non-hydrogen) atoms. The quantitative estimate of drug-likeness (QED) is 0.772. The van der Waals surface area contributed by atoms with Crippen LogP contribution in [0.2, 0.25) is 0 Å². The number of nitrogens with one attached hydrogen (secondary N) is 1. The van der Waals surface area contributed by atoms with Gasteiger partial charge in [-0.15, -0.1) is 0 Å². The Bertz CT molecular complexity index is 387. The SMILES string of the molecule is CCOC(=O)c1n[nH]c2c1CCC(C)OC2. The van der Waals surface area contributed by atoms with Crippen molar-refractivity contribution < 1.29 is 14.3 Å². The molecule has 2 heterocycles. The molecule has 1 atom stereocenters. The van der Waals surface area contributed by atoms with Crippen LogP contribution in [0.3, 0.4) is 0 Å². The average Bonchev–Trinajstić information content (AvgIpc) is 2.58. The number of nitrogens with zero attached hydrogens (tertiary/aromatic N) is 1. The molecule has 0 saturated carbocycles. The predicted molar refractivity (Wildman–Crippen MR) is 57.1 cm³/mol. The molecule has 2 rings (SSSR count). The molecule has 0 radical (unpaired) electrons. The van der Waals surface area contributed by atoms with Crippen molar-refractivity contribution in [2.24, 2.45) is 0 Å². The Morgan fingerprint density at radius 3 is 3.25 bits per heavy atom. The minimum atomic E-state index is -0.352. The van der Waals surface area contributed by atoms with E-state index in [4.69, 9.17) is 9.47 Å². The van der Waals surface area contributed by atoms with Crippen molar-refractivity contribution in [3.63, 3.8) is 0 Å². The van der Waals surface area contributed by atoms with Crippen LogP contribution in [0, 0.1) is 0 Å². The van der Waals surface area contributed by atoms with Crippen LogP contribution in [0.1, 0.15) is 42.0 Å². The molecular weight excluding hydrogens is 208 g/mol. The van der Waals surface area contributed by atoms with Gasteiger partial charge in [-0.05, 0) is 26.7 Å². The Hall–Kier alpha value is -1.36. The number of aromatic nitrogens is 2. The number of rotatable bonds is 2. The van der Waals surface area contributed by atoms with E-state index in [1.807, 2.05) is 6.92 Å². The molecule has 0 saturated heterocycles. The van der Waals surface area contributed by atoms with Crippen molar-refractivity contribution in [3.05, 3.63) is 17.0 Å². The summed E-state index contributed by atoms with van der Waals surface area (Å²) in [5, 5.41) is 6.85. The molecule has 5 nitrogen and oxygen atoms in total. The van der Waals surface area contributed by atoms with Gasteiger partial charge in [-0.25, -0.2) is 4.79 Å². The highest BCUT2D eigenvalue weighted by atomic mass is 16.5. The fourth-order valence-electron chi connectivity index (χ4n) is 1.81. The van der Waals surface area contributed by atoms with Crippen LogP contribution in [0.4, 0.5) is 0 Å². The van der Waals surface area contributed by atoms with Gasteiger partial charge in [0.2, 0.25) is 0 Å². The predicted octanol–water partition coefficient (Wildman–Crippen LogP) is 1.44. The maximum absolute atomic E-state index is 11.6. The summed E-state index contributed by atoms with van der Waals surface area (Å²) in [6, 6.07) is 0. The van der Waals surface area contributed by atoms with E-state index in [0.717, 1.165) is 24.1 Å². The highest BCUT2D eigenvalue weighted by Crippen LogP contribution is 2.21. The summed E-state index contributed by atoms with van der Waals surface area (Å²) < 4.78 is 10.5. The number of H-pyrrole nitrogens is 1. The minimum absolute atomic E-state index is 0.218. The zero-order valence-corrected chi connectivity index (χ0v) is 9.58. The molecule has 0 aliphatic carbocycles. The van der Waals surface area contributed by atoms with Crippen LogP contribution in [0.5, 0.6) is 0 Å². The van der Waals surface area contributed by atoms with Gasteiger partial charge in [0, 0.05) is 5.56 Å². The lowest BCUT2D eigenvalue weighted by Gasteiger charge is -2.06. The lowest BCUT2D eigenvalue weighted by Crippen LogP contribution is -2.09. The number of fused-ring (bicyclic) bond motifs is 1. The van der Waals surface area contributed by atoms with Gasteiger partial charge in [-0.2, -0.15) is 5.10 Å². The molecule has 0 aromatic carbocycles. The Morgan fingerprint density at radius 2 is 2.50 bits per heavy atom. The first-order valence-corrected chi connectivity index (χ1v) is 5.57. The van der Waals surface area contributed by atoms with Crippen molar-refractivity contribution in [1.82, 2.24) is 10.2 Å². The first-order valence-electron chi connectivity index (χ1n) is 5.57. The maximum Gasteiger partial charge on any atom is 0.359 e. The Morgan fingerprint density at radius 1 is 1.69 bits per heavy atom. The van der Waals surface area contributed by atoms with E-state index >= 15 is 0 Å². The molecule has 0 bridgehead atoms. The zero-order valence-electron chi connectivity index (χ0n) is 9.58. The Labute approximate surface area is 94.1 Å². The van der Waals surface area contributed by atoms with Crippen LogP contribution in [0.15, 0.2) is 0 Å². The smallest absolute Gasteiger partial charge is 0.359 e. The highest BCUT2D eigenvalue weighted by Gasteiger charge is 2.23. The monoisotopic (exact) mass is 224 g/mol. The number of hydrogen-bond donors (Lipinski definition) is 1. The second kappa shape index (κ2) is 4.65. The fourth-order valence-corrected chi connectivity index (χ4v) is 1.81.